The van der Waals surface area contributed by atoms with Crippen molar-refractivity contribution in [3.05, 3.63) is 146 Å². The molecule has 1 saturated carbocycles. The molecule has 5 unspecified atom stereocenters. The van der Waals surface area contributed by atoms with Crippen LogP contribution in [0.3, 0.4) is 0 Å². The zero-order valence-electron chi connectivity index (χ0n) is 43.3. The number of anilines is 3. The van der Waals surface area contributed by atoms with E-state index in [0.29, 0.717) is 89.7 Å². The fourth-order valence-electron chi connectivity index (χ4n) is 9.87. The van der Waals surface area contributed by atoms with Gasteiger partial charge >= 0.3 is 17.9 Å². The molecule has 2 aliphatic carbocycles. The van der Waals surface area contributed by atoms with E-state index in [0.717, 1.165) is 11.3 Å². The molecular formula is C58H53Cl3N6O9S3. The number of benzene rings is 4. The molecule has 3 heterocycles. The minimum absolute atomic E-state index is 0.0336. The molecule has 3 amide bonds. The van der Waals surface area contributed by atoms with Crippen LogP contribution >= 0.6 is 68.8 Å². The Morgan fingerprint density at radius 2 is 1.11 bits per heavy atom. The van der Waals surface area contributed by atoms with E-state index < -0.39 is 71.3 Å². The first-order valence-corrected chi connectivity index (χ1v) is 29.0. The first kappa shape index (κ1) is 56.9. The third kappa shape index (κ3) is 12.5. The van der Waals surface area contributed by atoms with Crippen LogP contribution in [-0.2, 0) is 44.7 Å². The average Bonchev–Trinajstić information content (AvgIpc) is 4.30. The van der Waals surface area contributed by atoms with E-state index in [1.807, 2.05) is 36.4 Å². The number of thiazole rings is 3. The zero-order valence-corrected chi connectivity index (χ0v) is 48.0. The molecule has 0 saturated heterocycles. The van der Waals surface area contributed by atoms with Crippen molar-refractivity contribution in [1.82, 2.24) is 15.0 Å². The van der Waals surface area contributed by atoms with E-state index in [1.54, 1.807) is 103 Å². The van der Waals surface area contributed by atoms with Gasteiger partial charge in [-0.3, -0.25) is 38.7 Å². The lowest BCUT2D eigenvalue weighted by molar-refractivity contribution is -0.198. The van der Waals surface area contributed by atoms with Crippen molar-refractivity contribution >= 4 is 120 Å². The van der Waals surface area contributed by atoms with Gasteiger partial charge < -0.3 is 14.2 Å². The van der Waals surface area contributed by atoms with Gasteiger partial charge in [-0.2, -0.15) is 0 Å². The van der Waals surface area contributed by atoms with Gasteiger partial charge in [-0.1, -0.05) is 127 Å². The molecule has 0 N–H and O–H groups in total. The standard InChI is InChI=1S/C58H53Cl3N6O9S3/c1-65(55-62-46(31-77-55)39-17-7-10-21-43(39)59)50(69)35(29-34-24-26-36(74-4)27-25-34)30-49(68)75-54(73)58(28-14-13-20-42(58)52(71)67(3)57-64-48(33-79-57)41-19-9-12-23-45(41)61)76-53(72)38-16-6-5-15-37(38)51(70)66(2)56-63-47(32-78-56)40-18-8-11-22-44(40)60/h7-14,17-19,21-27,31-33,35,37-38,42H,5-6,15-16,20,28-30H2,1-4H3. The molecule has 79 heavy (non-hydrogen) atoms. The lowest BCUT2D eigenvalue weighted by Crippen LogP contribution is -2.58. The average molecular weight is 1180 g/mol. The Bertz CT molecular complexity index is 3440. The van der Waals surface area contributed by atoms with Crippen LogP contribution in [0, 0.1) is 23.7 Å². The first-order valence-electron chi connectivity index (χ1n) is 25.3. The molecule has 4 aromatic carbocycles. The van der Waals surface area contributed by atoms with Crippen molar-refractivity contribution in [3.8, 4) is 39.5 Å². The van der Waals surface area contributed by atoms with Crippen LogP contribution in [0.25, 0.3) is 33.8 Å². The summed E-state index contributed by atoms with van der Waals surface area (Å²) in [5.74, 6) is -8.83. The SMILES string of the molecule is COc1ccc(CC(CC(=O)OC(=O)C2(OC(=O)C3CCCCC3C(=O)N(C)c3nc(-c4ccccc4Cl)cs3)CC=CCC2C(=O)N(C)c2nc(-c3ccccc3Cl)cs2)C(=O)N(C)c2nc(-c3ccccc3Cl)cs2)cc1. The normalized spacial score (nSPS) is 18.2. The van der Waals surface area contributed by atoms with Gasteiger partial charge in [-0.25, -0.2) is 19.7 Å². The van der Waals surface area contributed by atoms with Crippen molar-refractivity contribution in [3.63, 3.8) is 0 Å². The van der Waals surface area contributed by atoms with Crippen molar-refractivity contribution < 1.29 is 43.0 Å². The Morgan fingerprint density at radius 1 is 0.633 bits per heavy atom. The second kappa shape index (κ2) is 25.1. The summed E-state index contributed by atoms with van der Waals surface area (Å²) in [6.07, 6.45) is 4.00. The zero-order chi connectivity index (χ0) is 56.0. The summed E-state index contributed by atoms with van der Waals surface area (Å²) in [5, 5.41) is 7.70. The van der Waals surface area contributed by atoms with Gasteiger partial charge in [0.15, 0.2) is 15.4 Å². The van der Waals surface area contributed by atoms with Crippen LogP contribution in [0.5, 0.6) is 5.75 Å². The molecule has 15 nitrogen and oxygen atoms in total. The van der Waals surface area contributed by atoms with Gasteiger partial charge in [0.25, 0.3) is 0 Å². The van der Waals surface area contributed by atoms with Crippen molar-refractivity contribution in [2.24, 2.45) is 23.7 Å². The molecule has 2 aliphatic rings. The van der Waals surface area contributed by atoms with E-state index >= 15 is 14.4 Å². The maximum Gasteiger partial charge on any atom is 0.359 e. The lowest BCUT2D eigenvalue weighted by Gasteiger charge is -2.40. The molecule has 7 aromatic rings. The van der Waals surface area contributed by atoms with Crippen LogP contribution in [0.4, 0.5) is 15.4 Å². The van der Waals surface area contributed by atoms with Crippen molar-refractivity contribution in [2.75, 3.05) is 43.0 Å². The minimum atomic E-state index is -2.42. The molecule has 408 valence electrons. The third-order valence-corrected chi connectivity index (χ3v) is 18.0. The highest BCUT2D eigenvalue weighted by atomic mass is 35.5. The first-order chi connectivity index (χ1) is 38.1. The van der Waals surface area contributed by atoms with Gasteiger partial charge in [0.05, 0.1) is 54.3 Å². The number of carbonyl (C=O) groups excluding carboxylic acids is 6. The quantitative estimate of drug-likeness (QED) is 0.0479. The number of ether oxygens (including phenoxy) is 3. The Hall–Kier alpha value is -6.80. The van der Waals surface area contributed by atoms with E-state index in [1.165, 1.54) is 51.5 Å². The number of methoxy groups -OCH3 is 1. The summed E-state index contributed by atoms with van der Waals surface area (Å²) >= 11 is 23.1. The molecule has 0 radical (unpaired) electrons. The summed E-state index contributed by atoms with van der Waals surface area (Å²) in [6, 6.07) is 28.5. The number of hydrogen-bond donors (Lipinski definition) is 0. The van der Waals surface area contributed by atoms with Gasteiger partial charge in [0.1, 0.15) is 5.75 Å². The number of allylic oxidation sites excluding steroid dienone is 1. The second-order valence-electron chi connectivity index (χ2n) is 19.2. The number of amides is 3. The summed E-state index contributed by atoms with van der Waals surface area (Å²) in [7, 11) is 6.15. The smallest absolute Gasteiger partial charge is 0.359 e. The monoisotopic (exact) mass is 1180 g/mol. The van der Waals surface area contributed by atoms with Gasteiger partial charge in [-0.15, -0.1) is 34.0 Å². The summed E-state index contributed by atoms with van der Waals surface area (Å²) in [4.78, 5) is 107. The maximum atomic E-state index is 15.2. The number of rotatable bonds is 17. The van der Waals surface area contributed by atoms with Crippen molar-refractivity contribution in [1.29, 1.82) is 0 Å². The van der Waals surface area contributed by atoms with Crippen LogP contribution in [0.1, 0.15) is 50.5 Å². The highest BCUT2D eigenvalue weighted by molar-refractivity contribution is 7.14. The Labute approximate surface area is 483 Å². The Morgan fingerprint density at radius 3 is 1.62 bits per heavy atom. The van der Waals surface area contributed by atoms with Crippen LogP contribution < -0.4 is 19.4 Å². The molecule has 3 aromatic heterocycles. The summed E-state index contributed by atoms with van der Waals surface area (Å²) in [6.45, 7) is 0. The van der Waals surface area contributed by atoms with Crippen LogP contribution in [0.2, 0.25) is 15.1 Å². The minimum Gasteiger partial charge on any atom is -0.497 e. The number of halogens is 3. The van der Waals surface area contributed by atoms with Crippen LogP contribution in [0.15, 0.2) is 125 Å². The number of carbonyl (C=O) groups is 6. The molecule has 9 rings (SSSR count). The number of aromatic nitrogens is 3. The number of esters is 3. The fourth-order valence-corrected chi connectivity index (χ4v) is 13.0. The highest BCUT2D eigenvalue weighted by Gasteiger charge is 2.57. The lowest BCUT2D eigenvalue weighted by atomic mass is 9.76. The predicted molar refractivity (Wildman–Crippen MR) is 310 cm³/mol. The van der Waals surface area contributed by atoms with Crippen molar-refractivity contribution in [2.45, 2.75) is 57.0 Å². The molecule has 21 heteroatoms. The highest BCUT2D eigenvalue weighted by Crippen LogP contribution is 2.43. The predicted octanol–water partition coefficient (Wildman–Crippen LogP) is 12.7. The Kier molecular flexibility index (Phi) is 18.1. The van der Waals surface area contributed by atoms with Crippen LogP contribution in [-0.4, -0.2) is 84.4 Å². The molecule has 1 fully saturated rings. The second-order valence-corrected chi connectivity index (χ2v) is 22.9. The molecular weight excluding hydrogens is 1130 g/mol. The fraction of sp³-hybridized carbons (Fsp3) is 0.293. The van der Waals surface area contributed by atoms with Gasteiger partial charge in [0.2, 0.25) is 23.3 Å². The molecule has 0 spiro atoms. The van der Waals surface area contributed by atoms with E-state index in [-0.39, 0.29) is 30.8 Å². The number of hydrogen-bond acceptors (Lipinski definition) is 15. The number of nitrogens with zero attached hydrogens (tertiary/aromatic N) is 6. The maximum absolute atomic E-state index is 15.2. The van der Waals surface area contributed by atoms with E-state index in [4.69, 9.17) is 64.0 Å². The molecule has 0 aliphatic heterocycles. The third-order valence-electron chi connectivity index (χ3n) is 14.2. The van der Waals surface area contributed by atoms with Gasteiger partial charge in [0, 0.05) is 75.5 Å². The van der Waals surface area contributed by atoms with E-state index in [2.05, 4.69) is 0 Å². The topological polar surface area (TPSA) is 178 Å². The van der Waals surface area contributed by atoms with Gasteiger partial charge in [-0.05, 0) is 61.6 Å². The molecule has 5 atom stereocenters. The Balaban J connectivity index is 1.01. The summed E-state index contributed by atoms with van der Waals surface area (Å²) < 4.78 is 17.6. The molecule has 0 bridgehead atoms. The summed E-state index contributed by atoms with van der Waals surface area (Å²) in [5.41, 5.74) is 1.90. The van der Waals surface area contributed by atoms with E-state index in [9.17, 15) is 14.4 Å². The largest absolute Gasteiger partial charge is 0.497 e.